The van der Waals surface area contributed by atoms with Gasteiger partial charge in [0.05, 0.1) is 5.60 Å². The molecule has 0 spiro atoms. The van der Waals surface area contributed by atoms with Crippen LogP contribution in [-0.2, 0) is 11.8 Å². The van der Waals surface area contributed by atoms with Gasteiger partial charge < -0.3 is 5.11 Å². The predicted octanol–water partition coefficient (Wildman–Crippen LogP) is 2.33. The van der Waals surface area contributed by atoms with Crippen LogP contribution >= 0.6 is 0 Å². The number of hydrogen-bond acceptors (Lipinski definition) is 2. The number of alkyl halides is 3. The van der Waals surface area contributed by atoms with Crippen LogP contribution in [0.25, 0.3) is 0 Å². The molecule has 1 heterocycles. The molecule has 1 N–H and O–H groups in total. The van der Waals surface area contributed by atoms with Crippen LogP contribution in [0, 0.1) is 0 Å². The Hall–Kier alpha value is -1.10. The second kappa shape index (κ2) is 3.24. The minimum Gasteiger partial charge on any atom is -0.386 e. The molecule has 0 unspecified atom stereocenters. The third kappa shape index (κ3) is 2.45. The summed E-state index contributed by atoms with van der Waals surface area (Å²) in [5.41, 5.74) is -2.08. The first-order valence-electron chi connectivity index (χ1n) is 3.97. The van der Waals surface area contributed by atoms with E-state index in [0.717, 1.165) is 12.3 Å². The summed E-state index contributed by atoms with van der Waals surface area (Å²) in [6.07, 6.45) is -3.43. The first-order chi connectivity index (χ1) is 6.21. The summed E-state index contributed by atoms with van der Waals surface area (Å²) in [5.74, 6) is 0. The average molecular weight is 205 g/mol. The van der Waals surface area contributed by atoms with E-state index >= 15 is 0 Å². The van der Waals surface area contributed by atoms with Crippen molar-refractivity contribution in [2.75, 3.05) is 0 Å². The van der Waals surface area contributed by atoms with Gasteiger partial charge in [0.25, 0.3) is 0 Å². The summed E-state index contributed by atoms with van der Waals surface area (Å²) in [7, 11) is 0. The second-order valence-electron chi connectivity index (χ2n) is 3.49. The summed E-state index contributed by atoms with van der Waals surface area (Å²) >= 11 is 0. The number of aromatic nitrogens is 1. The molecule has 14 heavy (non-hydrogen) atoms. The Morgan fingerprint density at radius 2 is 1.86 bits per heavy atom. The molecule has 5 heteroatoms. The summed E-state index contributed by atoms with van der Waals surface area (Å²) in [6.45, 7) is 2.84. The van der Waals surface area contributed by atoms with Crippen molar-refractivity contribution in [3.8, 4) is 0 Å². The minimum absolute atomic E-state index is 0.194. The molecular formula is C9H10F3NO. The topological polar surface area (TPSA) is 33.1 Å². The Morgan fingerprint density at radius 3 is 2.29 bits per heavy atom. The fraction of sp³-hybridized carbons (Fsp3) is 0.444. The van der Waals surface area contributed by atoms with Gasteiger partial charge in [0.1, 0.15) is 5.69 Å². The zero-order valence-corrected chi connectivity index (χ0v) is 7.76. The van der Waals surface area contributed by atoms with Gasteiger partial charge in [-0.15, -0.1) is 0 Å². The molecule has 1 aromatic rings. The van der Waals surface area contributed by atoms with Crippen molar-refractivity contribution < 1.29 is 18.3 Å². The van der Waals surface area contributed by atoms with E-state index in [1.165, 1.54) is 19.9 Å². The third-order valence-electron chi connectivity index (χ3n) is 1.76. The molecule has 2 nitrogen and oxygen atoms in total. The first kappa shape index (κ1) is 11.0. The highest BCUT2D eigenvalue weighted by Crippen LogP contribution is 2.30. The lowest BCUT2D eigenvalue weighted by molar-refractivity contribution is -0.141. The van der Waals surface area contributed by atoms with E-state index in [9.17, 15) is 18.3 Å². The number of aliphatic hydroxyl groups is 1. The van der Waals surface area contributed by atoms with E-state index in [1.54, 1.807) is 0 Å². The van der Waals surface area contributed by atoms with Crippen LogP contribution in [0.3, 0.4) is 0 Å². The second-order valence-corrected chi connectivity index (χ2v) is 3.49. The van der Waals surface area contributed by atoms with Crippen molar-refractivity contribution in [1.82, 2.24) is 4.98 Å². The quantitative estimate of drug-likeness (QED) is 0.763. The van der Waals surface area contributed by atoms with Crippen LogP contribution in [0.4, 0.5) is 13.2 Å². The smallest absolute Gasteiger partial charge is 0.386 e. The molecular weight excluding hydrogens is 195 g/mol. The lowest BCUT2D eigenvalue weighted by Crippen LogP contribution is -2.17. The SMILES string of the molecule is CC(C)(O)c1ccnc(C(F)(F)F)c1. The molecule has 0 saturated carbocycles. The monoisotopic (exact) mass is 205 g/mol. The van der Waals surface area contributed by atoms with Gasteiger partial charge >= 0.3 is 6.18 Å². The van der Waals surface area contributed by atoms with Crippen LogP contribution in [0.1, 0.15) is 25.1 Å². The van der Waals surface area contributed by atoms with E-state index < -0.39 is 17.5 Å². The van der Waals surface area contributed by atoms with Gasteiger partial charge in [-0.2, -0.15) is 13.2 Å². The van der Waals surface area contributed by atoms with Crippen LogP contribution < -0.4 is 0 Å². The Bertz CT molecular complexity index is 298. The highest BCUT2D eigenvalue weighted by Gasteiger charge is 2.33. The highest BCUT2D eigenvalue weighted by atomic mass is 19.4. The summed E-state index contributed by atoms with van der Waals surface area (Å²) < 4.78 is 36.6. The maximum Gasteiger partial charge on any atom is 0.433 e. The van der Waals surface area contributed by atoms with Crippen molar-refractivity contribution in [2.24, 2.45) is 0 Å². The van der Waals surface area contributed by atoms with Crippen LogP contribution in [0.2, 0.25) is 0 Å². The normalized spacial score (nSPS) is 13.0. The molecule has 0 fully saturated rings. The van der Waals surface area contributed by atoms with E-state index in [2.05, 4.69) is 4.98 Å². The van der Waals surface area contributed by atoms with E-state index in [1.807, 2.05) is 0 Å². The molecule has 1 aromatic heterocycles. The minimum atomic E-state index is -4.47. The van der Waals surface area contributed by atoms with Gasteiger partial charge in [-0.05, 0) is 31.5 Å². The average Bonchev–Trinajstić information content (AvgIpc) is 2.01. The van der Waals surface area contributed by atoms with Crippen LogP contribution in [0.5, 0.6) is 0 Å². The predicted molar refractivity (Wildman–Crippen MR) is 44.5 cm³/mol. The molecule has 1 rings (SSSR count). The number of halogens is 3. The summed E-state index contributed by atoms with van der Waals surface area (Å²) in [5, 5.41) is 9.48. The largest absolute Gasteiger partial charge is 0.433 e. The maximum absolute atomic E-state index is 12.2. The number of pyridine rings is 1. The highest BCUT2D eigenvalue weighted by molar-refractivity contribution is 5.23. The number of nitrogens with zero attached hydrogens (tertiary/aromatic N) is 1. The Kier molecular flexibility index (Phi) is 2.54. The van der Waals surface area contributed by atoms with Crippen LogP contribution in [0.15, 0.2) is 18.3 Å². The zero-order valence-electron chi connectivity index (χ0n) is 7.76. The first-order valence-corrected chi connectivity index (χ1v) is 3.97. The zero-order chi connectivity index (χ0) is 11.0. The fourth-order valence-electron chi connectivity index (χ4n) is 0.966. The Balaban J connectivity index is 3.15. The molecule has 78 valence electrons. The molecule has 0 aromatic carbocycles. The maximum atomic E-state index is 12.2. The van der Waals surface area contributed by atoms with Gasteiger partial charge in [0, 0.05) is 6.20 Å². The molecule has 0 aliphatic carbocycles. The van der Waals surface area contributed by atoms with Gasteiger partial charge in [-0.3, -0.25) is 4.98 Å². The summed E-state index contributed by atoms with van der Waals surface area (Å²) in [4.78, 5) is 3.19. The van der Waals surface area contributed by atoms with Crippen molar-refractivity contribution in [1.29, 1.82) is 0 Å². The number of hydrogen-bond donors (Lipinski definition) is 1. The number of rotatable bonds is 1. The molecule has 0 saturated heterocycles. The Morgan fingerprint density at radius 1 is 1.29 bits per heavy atom. The van der Waals surface area contributed by atoms with Gasteiger partial charge in [-0.1, -0.05) is 0 Å². The molecule has 0 bridgehead atoms. The Labute approximate surface area is 79.4 Å². The lowest BCUT2D eigenvalue weighted by atomic mass is 9.99. The van der Waals surface area contributed by atoms with E-state index in [0.29, 0.717) is 0 Å². The van der Waals surface area contributed by atoms with E-state index in [-0.39, 0.29) is 5.56 Å². The molecule has 0 aliphatic heterocycles. The standard InChI is InChI=1S/C9H10F3NO/c1-8(2,14)6-3-4-13-7(5-6)9(10,11)12/h3-5,14H,1-2H3. The molecule has 0 radical (unpaired) electrons. The van der Waals surface area contributed by atoms with Crippen molar-refractivity contribution in [3.05, 3.63) is 29.6 Å². The molecule has 0 amide bonds. The van der Waals surface area contributed by atoms with Gasteiger partial charge in [0.15, 0.2) is 0 Å². The van der Waals surface area contributed by atoms with Gasteiger partial charge in [-0.25, -0.2) is 0 Å². The summed E-state index contributed by atoms with van der Waals surface area (Å²) in [6, 6.07) is 2.20. The van der Waals surface area contributed by atoms with E-state index in [4.69, 9.17) is 0 Å². The fourth-order valence-corrected chi connectivity index (χ4v) is 0.966. The van der Waals surface area contributed by atoms with Gasteiger partial charge in [0.2, 0.25) is 0 Å². The third-order valence-corrected chi connectivity index (χ3v) is 1.76. The van der Waals surface area contributed by atoms with Crippen molar-refractivity contribution in [2.45, 2.75) is 25.6 Å². The lowest BCUT2D eigenvalue weighted by Gasteiger charge is -2.18. The molecule has 0 aliphatic rings. The van der Waals surface area contributed by atoms with Crippen molar-refractivity contribution >= 4 is 0 Å². The van der Waals surface area contributed by atoms with Crippen LogP contribution in [-0.4, -0.2) is 10.1 Å². The molecule has 0 atom stereocenters. The van der Waals surface area contributed by atoms with Crippen molar-refractivity contribution in [3.63, 3.8) is 0 Å².